The van der Waals surface area contributed by atoms with Crippen LogP contribution >= 0.6 is 11.6 Å². The Kier molecular flexibility index (Phi) is 4.84. The molecule has 0 heterocycles. The highest BCUT2D eigenvalue weighted by Gasteiger charge is 2.33. The molecule has 3 nitrogen and oxygen atoms in total. The number of carbonyl (C=O) groups is 1. The monoisotopic (exact) mass is 293 g/mol. The molecule has 4 heteroatoms. The molecule has 1 aromatic carbocycles. The largest absolute Gasteiger partial charge is 0.394 e. The molecule has 108 valence electrons. The molecule has 2 rings (SSSR count). The zero-order chi connectivity index (χ0) is 14.6. The predicted molar refractivity (Wildman–Crippen MR) is 81.7 cm³/mol. The van der Waals surface area contributed by atoms with Gasteiger partial charge < -0.3 is 10.4 Å². The highest BCUT2D eigenvalue weighted by molar-refractivity contribution is 6.31. The zero-order valence-electron chi connectivity index (χ0n) is 11.7. The van der Waals surface area contributed by atoms with Crippen LogP contribution < -0.4 is 5.32 Å². The van der Waals surface area contributed by atoms with Gasteiger partial charge in [-0.1, -0.05) is 36.6 Å². The van der Waals surface area contributed by atoms with Crippen LogP contribution in [0, 0.1) is 6.92 Å². The van der Waals surface area contributed by atoms with Crippen molar-refractivity contribution in [3.05, 3.63) is 40.4 Å². The third-order valence-electron chi connectivity index (χ3n) is 3.87. The van der Waals surface area contributed by atoms with Crippen LogP contribution in [-0.4, -0.2) is 23.2 Å². The number of hydrogen-bond donors (Lipinski definition) is 2. The van der Waals surface area contributed by atoms with Gasteiger partial charge in [-0.25, -0.2) is 0 Å². The topological polar surface area (TPSA) is 49.3 Å². The Morgan fingerprint density at radius 3 is 2.75 bits per heavy atom. The first-order chi connectivity index (χ1) is 9.54. The zero-order valence-corrected chi connectivity index (χ0v) is 12.4. The van der Waals surface area contributed by atoms with Crippen LogP contribution in [0.4, 0.5) is 0 Å². The number of aryl methyl sites for hydroxylation is 1. The Labute approximate surface area is 124 Å². The van der Waals surface area contributed by atoms with Gasteiger partial charge in [-0.15, -0.1) is 0 Å². The van der Waals surface area contributed by atoms with Crippen molar-refractivity contribution in [1.29, 1.82) is 0 Å². The molecule has 0 radical (unpaired) electrons. The number of carbonyl (C=O) groups excluding carboxylic acids is 1. The van der Waals surface area contributed by atoms with Gasteiger partial charge in [0.2, 0.25) is 5.91 Å². The van der Waals surface area contributed by atoms with Gasteiger partial charge in [0.1, 0.15) is 0 Å². The average molecular weight is 294 g/mol. The van der Waals surface area contributed by atoms with Crippen LogP contribution in [-0.2, 0) is 4.79 Å². The molecule has 2 N–H and O–H groups in total. The second-order valence-corrected chi connectivity index (χ2v) is 5.88. The molecule has 0 aromatic heterocycles. The van der Waals surface area contributed by atoms with E-state index < -0.39 is 5.54 Å². The van der Waals surface area contributed by atoms with Gasteiger partial charge in [0.25, 0.3) is 0 Å². The van der Waals surface area contributed by atoms with Crippen LogP contribution in [0.25, 0.3) is 6.08 Å². The quantitative estimate of drug-likeness (QED) is 0.838. The van der Waals surface area contributed by atoms with E-state index in [4.69, 9.17) is 11.6 Å². The number of benzene rings is 1. The standard InChI is InChI=1S/C16H20ClNO2/c1-12-4-5-13(10-14(12)17)6-7-15(20)18-16(11-19)8-2-3-9-16/h4-7,10,19H,2-3,8-9,11H2,1H3,(H,18,20). The van der Waals surface area contributed by atoms with Crippen molar-refractivity contribution in [2.45, 2.75) is 38.1 Å². The molecule has 1 saturated carbocycles. The molecular weight excluding hydrogens is 274 g/mol. The van der Waals surface area contributed by atoms with Crippen molar-refractivity contribution in [2.75, 3.05) is 6.61 Å². The molecule has 1 fully saturated rings. The van der Waals surface area contributed by atoms with E-state index in [0.717, 1.165) is 36.8 Å². The number of rotatable bonds is 4. The van der Waals surface area contributed by atoms with Crippen molar-refractivity contribution in [1.82, 2.24) is 5.32 Å². The normalized spacial score (nSPS) is 17.6. The van der Waals surface area contributed by atoms with Crippen molar-refractivity contribution >= 4 is 23.6 Å². The van der Waals surface area contributed by atoms with E-state index in [9.17, 15) is 9.90 Å². The summed E-state index contributed by atoms with van der Waals surface area (Å²) in [5, 5.41) is 13.1. The minimum Gasteiger partial charge on any atom is -0.394 e. The predicted octanol–water partition coefficient (Wildman–Crippen LogP) is 3.08. The molecule has 1 amide bonds. The lowest BCUT2D eigenvalue weighted by atomic mass is 9.99. The number of hydrogen-bond acceptors (Lipinski definition) is 2. The highest BCUT2D eigenvalue weighted by atomic mass is 35.5. The second kappa shape index (κ2) is 6.42. The van der Waals surface area contributed by atoms with E-state index in [1.165, 1.54) is 6.08 Å². The van der Waals surface area contributed by atoms with Crippen LogP contribution in [0.1, 0.15) is 36.8 Å². The number of amides is 1. The van der Waals surface area contributed by atoms with Crippen LogP contribution in [0.15, 0.2) is 24.3 Å². The molecule has 1 aromatic rings. The summed E-state index contributed by atoms with van der Waals surface area (Å²) in [6.07, 6.45) is 7.03. The number of halogens is 1. The highest BCUT2D eigenvalue weighted by Crippen LogP contribution is 2.29. The van der Waals surface area contributed by atoms with Gasteiger partial charge in [-0.05, 0) is 43.0 Å². The van der Waals surface area contributed by atoms with Gasteiger partial charge in [-0.2, -0.15) is 0 Å². The van der Waals surface area contributed by atoms with Gasteiger partial charge in [0, 0.05) is 11.1 Å². The van der Waals surface area contributed by atoms with Crippen molar-refractivity contribution in [3.63, 3.8) is 0 Å². The Bertz CT molecular complexity index is 519. The van der Waals surface area contributed by atoms with Crippen molar-refractivity contribution in [2.24, 2.45) is 0 Å². The Hall–Kier alpha value is -1.32. The summed E-state index contributed by atoms with van der Waals surface area (Å²) >= 11 is 6.04. The summed E-state index contributed by atoms with van der Waals surface area (Å²) in [6, 6.07) is 5.67. The second-order valence-electron chi connectivity index (χ2n) is 5.48. The van der Waals surface area contributed by atoms with E-state index in [-0.39, 0.29) is 12.5 Å². The summed E-state index contributed by atoms with van der Waals surface area (Å²) in [7, 11) is 0. The molecule has 1 aliphatic carbocycles. The summed E-state index contributed by atoms with van der Waals surface area (Å²) < 4.78 is 0. The maximum Gasteiger partial charge on any atom is 0.244 e. The van der Waals surface area contributed by atoms with Crippen LogP contribution in [0.5, 0.6) is 0 Å². The van der Waals surface area contributed by atoms with E-state index in [1.807, 2.05) is 25.1 Å². The van der Waals surface area contributed by atoms with Gasteiger partial charge in [-0.3, -0.25) is 4.79 Å². The summed E-state index contributed by atoms with van der Waals surface area (Å²) in [5.74, 6) is -0.169. The Morgan fingerprint density at radius 1 is 1.45 bits per heavy atom. The minimum absolute atomic E-state index is 0.00292. The summed E-state index contributed by atoms with van der Waals surface area (Å²) in [6.45, 7) is 1.94. The lowest BCUT2D eigenvalue weighted by molar-refractivity contribution is -0.118. The van der Waals surface area contributed by atoms with Crippen molar-refractivity contribution < 1.29 is 9.90 Å². The summed E-state index contributed by atoms with van der Waals surface area (Å²) in [5.41, 5.74) is 1.48. The lowest BCUT2D eigenvalue weighted by Gasteiger charge is -2.27. The van der Waals surface area contributed by atoms with Crippen LogP contribution in [0.2, 0.25) is 5.02 Å². The van der Waals surface area contributed by atoms with E-state index in [2.05, 4.69) is 5.32 Å². The van der Waals surface area contributed by atoms with E-state index in [1.54, 1.807) is 6.08 Å². The minimum atomic E-state index is -0.424. The molecule has 0 saturated heterocycles. The average Bonchev–Trinajstić information content (AvgIpc) is 2.89. The molecule has 0 unspecified atom stereocenters. The third-order valence-corrected chi connectivity index (χ3v) is 4.28. The van der Waals surface area contributed by atoms with Crippen LogP contribution in [0.3, 0.4) is 0 Å². The number of aliphatic hydroxyl groups is 1. The fourth-order valence-corrected chi connectivity index (χ4v) is 2.75. The van der Waals surface area contributed by atoms with E-state index >= 15 is 0 Å². The number of nitrogens with one attached hydrogen (secondary N) is 1. The first kappa shape index (κ1) is 15.1. The molecule has 0 aliphatic heterocycles. The molecule has 1 aliphatic rings. The fourth-order valence-electron chi connectivity index (χ4n) is 2.56. The smallest absolute Gasteiger partial charge is 0.244 e. The first-order valence-electron chi connectivity index (χ1n) is 6.92. The maximum atomic E-state index is 11.9. The lowest BCUT2D eigenvalue weighted by Crippen LogP contribution is -2.48. The molecule has 0 spiro atoms. The maximum absolute atomic E-state index is 11.9. The molecular formula is C16H20ClNO2. The van der Waals surface area contributed by atoms with Gasteiger partial charge >= 0.3 is 0 Å². The Morgan fingerprint density at radius 2 is 2.15 bits per heavy atom. The SMILES string of the molecule is Cc1ccc(C=CC(=O)NC2(CO)CCCC2)cc1Cl. The molecule has 20 heavy (non-hydrogen) atoms. The third kappa shape index (κ3) is 3.62. The fraction of sp³-hybridized carbons (Fsp3) is 0.438. The van der Waals surface area contributed by atoms with Gasteiger partial charge in [0.15, 0.2) is 0 Å². The van der Waals surface area contributed by atoms with Crippen molar-refractivity contribution in [3.8, 4) is 0 Å². The number of aliphatic hydroxyl groups excluding tert-OH is 1. The molecule has 0 bridgehead atoms. The van der Waals surface area contributed by atoms with E-state index in [0.29, 0.717) is 5.02 Å². The molecule has 0 atom stereocenters. The Balaban J connectivity index is 2.00. The first-order valence-corrected chi connectivity index (χ1v) is 7.30. The van der Waals surface area contributed by atoms with Gasteiger partial charge in [0.05, 0.1) is 12.1 Å². The summed E-state index contributed by atoms with van der Waals surface area (Å²) in [4.78, 5) is 11.9.